The van der Waals surface area contributed by atoms with Gasteiger partial charge in [-0.2, -0.15) is 0 Å². The maximum Gasteiger partial charge on any atom is 0.119 e. The van der Waals surface area contributed by atoms with Gasteiger partial charge >= 0.3 is 0 Å². The van der Waals surface area contributed by atoms with E-state index < -0.39 is 0 Å². The zero-order valence-corrected chi connectivity index (χ0v) is 13.6. The molecule has 20 heavy (non-hydrogen) atoms. The number of nitrogens with zero attached hydrogens (tertiary/aromatic N) is 1. The molecule has 0 fully saturated rings. The minimum absolute atomic E-state index is 0.226. The van der Waals surface area contributed by atoms with Gasteiger partial charge in [0.15, 0.2) is 0 Å². The van der Waals surface area contributed by atoms with Crippen molar-refractivity contribution < 1.29 is 4.74 Å². The molecule has 0 aliphatic carbocycles. The van der Waals surface area contributed by atoms with Crippen molar-refractivity contribution in [1.29, 1.82) is 0 Å². The van der Waals surface area contributed by atoms with E-state index in [9.17, 15) is 0 Å². The number of ether oxygens (including phenoxy) is 1. The lowest BCUT2D eigenvalue weighted by molar-refractivity contribution is 0.242. The van der Waals surface area contributed by atoms with Crippen molar-refractivity contribution in [3.8, 4) is 5.75 Å². The summed E-state index contributed by atoms with van der Waals surface area (Å²) >= 11 is 0. The number of nitrogens with one attached hydrogen (secondary N) is 1. The number of benzene rings is 1. The Morgan fingerprint density at radius 1 is 1.10 bits per heavy atom. The van der Waals surface area contributed by atoms with Gasteiger partial charge in [0.2, 0.25) is 0 Å². The highest BCUT2D eigenvalue weighted by Gasteiger charge is 2.11. The molecule has 1 rings (SSSR count). The fourth-order valence-electron chi connectivity index (χ4n) is 2.38. The lowest BCUT2D eigenvalue weighted by atomic mass is 10.0. The summed E-state index contributed by atoms with van der Waals surface area (Å²) in [5.74, 6) is 0.947. The Morgan fingerprint density at radius 3 is 2.15 bits per heavy atom. The molecule has 0 saturated heterocycles. The summed E-state index contributed by atoms with van der Waals surface area (Å²) in [6, 6.07) is 8.87. The third-order valence-electron chi connectivity index (χ3n) is 3.63. The summed E-state index contributed by atoms with van der Waals surface area (Å²) in [7, 11) is 2.03. The van der Waals surface area contributed by atoms with Crippen molar-refractivity contribution in [2.75, 3.05) is 26.7 Å². The molecule has 0 saturated carbocycles. The summed E-state index contributed by atoms with van der Waals surface area (Å²) in [6.45, 7) is 11.9. The highest BCUT2D eigenvalue weighted by molar-refractivity contribution is 5.29. The third kappa shape index (κ3) is 5.51. The van der Waals surface area contributed by atoms with Crippen molar-refractivity contribution in [2.24, 2.45) is 0 Å². The molecule has 1 aromatic rings. The molecule has 0 radical (unpaired) electrons. The summed E-state index contributed by atoms with van der Waals surface area (Å²) in [5, 5.41) is 3.41. The predicted molar refractivity (Wildman–Crippen MR) is 86.4 cm³/mol. The minimum Gasteiger partial charge on any atom is -0.491 e. The first kappa shape index (κ1) is 17.0. The van der Waals surface area contributed by atoms with Crippen LogP contribution in [0.3, 0.4) is 0 Å². The Kier molecular flexibility index (Phi) is 7.63. The SMILES string of the molecule is CCN(CC)CCC(NC)c1ccc(OC(C)C)cc1. The van der Waals surface area contributed by atoms with Gasteiger partial charge in [-0.25, -0.2) is 0 Å². The maximum absolute atomic E-state index is 5.69. The molecule has 0 heterocycles. The zero-order chi connectivity index (χ0) is 15.0. The molecule has 0 aliphatic rings. The molecule has 0 aromatic heterocycles. The molecular weight excluding hydrogens is 248 g/mol. The van der Waals surface area contributed by atoms with E-state index in [-0.39, 0.29) is 6.10 Å². The summed E-state index contributed by atoms with van der Waals surface area (Å²) in [6.07, 6.45) is 1.35. The Labute approximate surface area is 124 Å². The second-order valence-corrected chi connectivity index (χ2v) is 5.39. The Hall–Kier alpha value is -1.06. The van der Waals surface area contributed by atoms with E-state index in [4.69, 9.17) is 4.74 Å². The quantitative estimate of drug-likeness (QED) is 0.748. The van der Waals surface area contributed by atoms with Gasteiger partial charge in [-0.15, -0.1) is 0 Å². The van der Waals surface area contributed by atoms with Crippen molar-refractivity contribution in [3.05, 3.63) is 29.8 Å². The largest absolute Gasteiger partial charge is 0.491 e. The molecule has 0 aliphatic heterocycles. The van der Waals surface area contributed by atoms with E-state index >= 15 is 0 Å². The average Bonchev–Trinajstić information content (AvgIpc) is 2.44. The van der Waals surface area contributed by atoms with Gasteiger partial charge in [0.1, 0.15) is 5.75 Å². The van der Waals surface area contributed by atoms with Crippen molar-refractivity contribution in [3.63, 3.8) is 0 Å². The molecule has 1 atom stereocenters. The molecule has 1 unspecified atom stereocenters. The van der Waals surface area contributed by atoms with E-state index in [0.717, 1.165) is 31.8 Å². The van der Waals surface area contributed by atoms with Crippen LogP contribution < -0.4 is 10.1 Å². The van der Waals surface area contributed by atoms with Gasteiger partial charge in [-0.05, 0) is 64.6 Å². The fourth-order valence-corrected chi connectivity index (χ4v) is 2.38. The third-order valence-corrected chi connectivity index (χ3v) is 3.63. The van der Waals surface area contributed by atoms with Gasteiger partial charge in [0.25, 0.3) is 0 Å². The van der Waals surface area contributed by atoms with Crippen LogP contribution in [-0.4, -0.2) is 37.7 Å². The van der Waals surface area contributed by atoms with Crippen LogP contribution in [0, 0.1) is 0 Å². The molecular formula is C17H30N2O. The van der Waals surface area contributed by atoms with Gasteiger partial charge in [-0.3, -0.25) is 0 Å². The van der Waals surface area contributed by atoms with Crippen LogP contribution in [0.2, 0.25) is 0 Å². The average molecular weight is 278 g/mol. The Morgan fingerprint density at radius 2 is 1.70 bits per heavy atom. The lowest BCUT2D eigenvalue weighted by Gasteiger charge is -2.23. The first-order valence-electron chi connectivity index (χ1n) is 7.76. The smallest absolute Gasteiger partial charge is 0.119 e. The van der Waals surface area contributed by atoms with Crippen LogP contribution in [0.1, 0.15) is 45.7 Å². The Bertz CT molecular complexity index is 358. The van der Waals surface area contributed by atoms with E-state index in [1.807, 2.05) is 20.9 Å². The second kappa shape index (κ2) is 8.98. The molecule has 3 nitrogen and oxygen atoms in total. The molecule has 3 heteroatoms. The van der Waals surface area contributed by atoms with E-state index in [0.29, 0.717) is 6.04 Å². The monoisotopic (exact) mass is 278 g/mol. The second-order valence-electron chi connectivity index (χ2n) is 5.39. The van der Waals surface area contributed by atoms with Gasteiger partial charge in [-0.1, -0.05) is 26.0 Å². The topological polar surface area (TPSA) is 24.5 Å². The van der Waals surface area contributed by atoms with Crippen LogP contribution in [0.5, 0.6) is 5.75 Å². The van der Waals surface area contributed by atoms with Crippen LogP contribution in [0.15, 0.2) is 24.3 Å². The van der Waals surface area contributed by atoms with Crippen molar-refractivity contribution >= 4 is 0 Å². The van der Waals surface area contributed by atoms with Crippen molar-refractivity contribution in [1.82, 2.24) is 10.2 Å². The maximum atomic E-state index is 5.69. The first-order valence-corrected chi connectivity index (χ1v) is 7.76. The summed E-state index contributed by atoms with van der Waals surface area (Å²) in [4.78, 5) is 2.46. The van der Waals surface area contributed by atoms with E-state index in [1.165, 1.54) is 5.56 Å². The van der Waals surface area contributed by atoms with E-state index in [1.54, 1.807) is 0 Å². The minimum atomic E-state index is 0.226. The standard InChI is InChI=1S/C17H30N2O/c1-6-19(7-2)13-12-17(18-5)15-8-10-16(11-9-15)20-14(3)4/h8-11,14,17-18H,6-7,12-13H2,1-5H3. The highest BCUT2D eigenvalue weighted by atomic mass is 16.5. The van der Waals surface area contributed by atoms with Crippen LogP contribution in [0.4, 0.5) is 0 Å². The summed E-state index contributed by atoms with van der Waals surface area (Å²) < 4.78 is 5.69. The van der Waals surface area contributed by atoms with Gasteiger partial charge < -0.3 is 15.0 Å². The normalized spacial score (nSPS) is 12.9. The van der Waals surface area contributed by atoms with Crippen molar-refractivity contribution in [2.45, 2.75) is 46.3 Å². The first-order chi connectivity index (χ1) is 9.60. The number of hydrogen-bond donors (Lipinski definition) is 1. The molecule has 0 spiro atoms. The van der Waals surface area contributed by atoms with Gasteiger partial charge in [0, 0.05) is 6.04 Å². The van der Waals surface area contributed by atoms with Crippen LogP contribution in [0.25, 0.3) is 0 Å². The van der Waals surface area contributed by atoms with E-state index in [2.05, 4.69) is 48.3 Å². The van der Waals surface area contributed by atoms with Crippen LogP contribution >= 0.6 is 0 Å². The number of hydrogen-bond acceptors (Lipinski definition) is 3. The lowest BCUT2D eigenvalue weighted by Crippen LogP contribution is -2.28. The fraction of sp³-hybridized carbons (Fsp3) is 0.647. The molecule has 0 bridgehead atoms. The Balaban J connectivity index is 2.60. The van der Waals surface area contributed by atoms with Gasteiger partial charge in [0.05, 0.1) is 6.10 Å². The van der Waals surface area contributed by atoms with Crippen LogP contribution in [-0.2, 0) is 0 Å². The molecule has 1 N–H and O–H groups in total. The molecule has 0 amide bonds. The number of rotatable bonds is 9. The highest BCUT2D eigenvalue weighted by Crippen LogP contribution is 2.21. The molecule has 1 aromatic carbocycles. The molecule has 114 valence electrons. The zero-order valence-electron chi connectivity index (χ0n) is 13.6. The summed E-state index contributed by atoms with van der Waals surface area (Å²) in [5.41, 5.74) is 1.33. The predicted octanol–water partition coefficient (Wildman–Crippen LogP) is 3.47.